The van der Waals surface area contributed by atoms with Crippen molar-refractivity contribution in [2.75, 3.05) is 20.2 Å². The molecule has 6 heteroatoms. The number of sulfone groups is 1. The van der Waals surface area contributed by atoms with Gasteiger partial charge in [0.15, 0.2) is 9.84 Å². The van der Waals surface area contributed by atoms with Crippen LogP contribution in [0.15, 0.2) is 40.4 Å². The molecule has 2 rings (SSSR count). The minimum Gasteiger partial charge on any atom is -0.399 e. The predicted octanol–water partition coefficient (Wildman–Crippen LogP) is 3.96. The lowest BCUT2D eigenvalue weighted by Crippen LogP contribution is -2.48. The van der Waals surface area contributed by atoms with Crippen molar-refractivity contribution in [2.45, 2.75) is 56.7 Å². The van der Waals surface area contributed by atoms with Crippen LogP contribution in [0.1, 0.15) is 46.5 Å². The Balaban J connectivity index is 2.28. The Bertz CT molecular complexity index is 686. The van der Waals surface area contributed by atoms with Gasteiger partial charge in [0, 0.05) is 12.5 Å². The lowest BCUT2D eigenvalue weighted by atomic mass is 9.93. The second kappa shape index (κ2) is 9.51. The Morgan fingerprint density at radius 3 is 2.58 bits per heavy atom. The van der Waals surface area contributed by atoms with Gasteiger partial charge in [-0.1, -0.05) is 37.2 Å². The van der Waals surface area contributed by atoms with Crippen LogP contribution in [-0.4, -0.2) is 44.6 Å². The van der Waals surface area contributed by atoms with Crippen molar-refractivity contribution in [2.24, 2.45) is 17.0 Å². The average Bonchev–Trinajstić information content (AvgIpc) is 2.62. The van der Waals surface area contributed by atoms with Crippen LogP contribution in [0, 0.1) is 11.8 Å². The van der Waals surface area contributed by atoms with Crippen molar-refractivity contribution in [1.29, 1.82) is 0 Å². The average molecular weight is 381 g/mol. The van der Waals surface area contributed by atoms with E-state index in [1.165, 1.54) is 0 Å². The molecule has 1 aliphatic rings. The summed E-state index contributed by atoms with van der Waals surface area (Å²) < 4.78 is 26.7. The van der Waals surface area contributed by atoms with Gasteiger partial charge in [-0.05, 0) is 57.2 Å². The van der Waals surface area contributed by atoms with Crippen molar-refractivity contribution < 1.29 is 13.3 Å². The summed E-state index contributed by atoms with van der Waals surface area (Å²) >= 11 is 0. The van der Waals surface area contributed by atoms with Gasteiger partial charge in [0.1, 0.15) is 12.5 Å². The second-order valence-corrected chi connectivity index (χ2v) is 9.64. The van der Waals surface area contributed by atoms with Gasteiger partial charge in [-0.25, -0.2) is 8.42 Å². The number of oxime groups is 1. The summed E-state index contributed by atoms with van der Waals surface area (Å²) in [6.45, 7) is 7.77. The third kappa shape index (κ3) is 5.30. The normalized spacial score (nSPS) is 21.0. The summed E-state index contributed by atoms with van der Waals surface area (Å²) in [5.41, 5.74) is 0.942. The number of nitrogens with zero attached hydrogens (tertiary/aromatic N) is 2. The molecule has 0 bridgehead atoms. The van der Waals surface area contributed by atoms with Crippen molar-refractivity contribution in [3.63, 3.8) is 0 Å². The van der Waals surface area contributed by atoms with Gasteiger partial charge < -0.3 is 4.84 Å². The van der Waals surface area contributed by atoms with E-state index in [-0.39, 0.29) is 5.92 Å². The van der Waals surface area contributed by atoms with E-state index < -0.39 is 15.2 Å². The summed E-state index contributed by atoms with van der Waals surface area (Å²) in [5, 5.41) is 3.60. The molecule has 1 heterocycles. The molecule has 1 saturated heterocycles. The first kappa shape index (κ1) is 20.9. The maximum Gasteiger partial charge on any atom is 0.194 e. The first-order valence-electron chi connectivity index (χ1n) is 9.47. The van der Waals surface area contributed by atoms with Crippen LogP contribution in [0.5, 0.6) is 0 Å². The maximum absolute atomic E-state index is 13.3. The molecule has 0 aliphatic carbocycles. The highest BCUT2D eigenvalue weighted by molar-refractivity contribution is 7.92. The van der Waals surface area contributed by atoms with Gasteiger partial charge in [0.25, 0.3) is 0 Å². The highest BCUT2D eigenvalue weighted by Gasteiger charge is 2.36. The molecule has 1 aromatic rings. The number of likely N-dealkylation sites (tertiary alicyclic amines) is 1. The number of hydrogen-bond acceptors (Lipinski definition) is 5. The molecule has 0 saturated carbocycles. The standard InChI is InChI=1S/C20H32N2O3S/c1-16(2)12-13-20(26(23,24)19-10-6-5-7-11-19)22-14-8-9-18(15-22)17(3)21-25-4/h5-7,10-11,16,18,20H,8-9,12-15H2,1-4H3. The molecule has 1 aromatic carbocycles. The first-order valence-corrected chi connectivity index (χ1v) is 11.0. The maximum atomic E-state index is 13.3. The van der Waals surface area contributed by atoms with Gasteiger partial charge in [-0.15, -0.1) is 0 Å². The Morgan fingerprint density at radius 2 is 1.96 bits per heavy atom. The fourth-order valence-corrected chi connectivity index (χ4v) is 5.49. The SMILES string of the molecule is CON=C(C)C1CCCN(C(CCC(C)C)S(=O)(=O)c2ccccc2)C1. The summed E-state index contributed by atoms with van der Waals surface area (Å²) in [6, 6.07) is 8.85. The number of benzene rings is 1. The molecular formula is C20H32N2O3S. The largest absolute Gasteiger partial charge is 0.399 e. The van der Waals surface area contributed by atoms with E-state index in [0.29, 0.717) is 23.8 Å². The van der Waals surface area contributed by atoms with E-state index in [4.69, 9.17) is 4.84 Å². The van der Waals surface area contributed by atoms with Crippen LogP contribution < -0.4 is 0 Å². The van der Waals surface area contributed by atoms with Gasteiger partial charge >= 0.3 is 0 Å². The van der Waals surface area contributed by atoms with E-state index in [9.17, 15) is 8.42 Å². The molecule has 0 aromatic heterocycles. The molecule has 0 radical (unpaired) electrons. The molecular weight excluding hydrogens is 348 g/mol. The quantitative estimate of drug-likeness (QED) is 0.506. The zero-order valence-electron chi connectivity index (χ0n) is 16.4. The summed E-state index contributed by atoms with van der Waals surface area (Å²) in [5.74, 6) is 0.720. The Labute approximate surface area is 158 Å². The summed E-state index contributed by atoms with van der Waals surface area (Å²) in [4.78, 5) is 7.48. The third-order valence-electron chi connectivity index (χ3n) is 5.11. The van der Waals surface area contributed by atoms with Crippen LogP contribution in [0.4, 0.5) is 0 Å². The first-order chi connectivity index (χ1) is 12.4. The number of hydrogen-bond donors (Lipinski definition) is 0. The Hall–Kier alpha value is -1.40. The van der Waals surface area contributed by atoms with Crippen molar-refractivity contribution in [1.82, 2.24) is 4.90 Å². The monoisotopic (exact) mass is 380 g/mol. The van der Waals surface area contributed by atoms with E-state index >= 15 is 0 Å². The second-order valence-electron chi connectivity index (χ2n) is 7.53. The van der Waals surface area contributed by atoms with Gasteiger partial charge in [-0.3, -0.25) is 4.90 Å². The minimum absolute atomic E-state index is 0.247. The minimum atomic E-state index is -3.40. The van der Waals surface area contributed by atoms with Crippen LogP contribution in [0.2, 0.25) is 0 Å². The zero-order valence-corrected chi connectivity index (χ0v) is 17.2. The number of piperidine rings is 1. The molecule has 0 amide bonds. The molecule has 5 nitrogen and oxygen atoms in total. The van der Waals surface area contributed by atoms with Crippen molar-refractivity contribution >= 4 is 15.5 Å². The van der Waals surface area contributed by atoms with Crippen LogP contribution in [-0.2, 0) is 14.7 Å². The Kier molecular flexibility index (Phi) is 7.65. The zero-order chi connectivity index (χ0) is 19.2. The molecule has 146 valence electrons. The molecule has 1 aliphatic heterocycles. The fourth-order valence-electron chi connectivity index (χ4n) is 3.60. The summed E-state index contributed by atoms with van der Waals surface area (Å²) in [6.07, 6.45) is 3.55. The summed E-state index contributed by atoms with van der Waals surface area (Å²) in [7, 11) is -1.85. The predicted molar refractivity (Wildman–Crippen MR) is 106 cm³/mol. The molecule has 1 fully saturated rings. The van der Waals surface area contributed by atoms with E-state index in [1.54, 1.807) is 31.4 Å². The van der Waals surface area contributed by atoms with Crippen molar-refractivity contribution in [3.05, 3.63) is 30.3 Å². The lowest BCUT2D eigenvalue weighted by molar-refractivity contribution is 0.167. The molecule has 2 atom stereocenters. The third-order valence-corrected chi connectivity index (χ3v) is 7.29. The van der Waals surface area contributed by atoms with E-state index in [1.807, 2.05) is 13.0 Å². The topological polar surface area (TPSA) is 59.0 Å². The smallest absolute Gasteiger partial charge is 0.194 e. The number of rotatable bonds is 8. The Morgan fingerprint density at radius 1 is 1.27 bits per heavy atom. The van der Waals surface area contributed by atoms with Gasteiger partial charge in [0.2, 0.25) is 0 Å². The molecule has 26 heavy (non-hydrogen) atoms. The highest BCUT2D eigenvalue weighted by atomic mass is 32.2. The fraction of sp³-hybridized carbons (Fsp3) is 0.650. The highest BCUT2D eigenvalue weighted by Crippen LogP contribution is 2.29. The van der Waals surface area contributed by atoms with E-state index in [0.717, 1.165) is 31.5 Å². The van der Waals surface area contributed by atoms with Crippen LogP contribution in [0.25, 0.3) is 0 Å². The van der Waals surface area contributed by atoms with Crippen LogP contribution in [0.3, 0.4) is 0 Å². The molecule has 2 unspecified atom stereocenters. The van der Waals surface area contributed by atoms with Gasteiger partial charge in [-0.2, -0.15) is 0 Å². The van der Waals surface area contributed by atoms with Crippen LogP contribution >= 0.6 is 0 Å². The van der Waals surface area contributed by atoms with E-state index in [2.05, 4.69) is 23.9 Å². The molecule has 0 N–H and O–H groups in total. The van der Waals surface area contributed by atoms with Crippen molar-refractivity contribution in [3.8, 4) is 0 Å². The molecule has 0 spiro atoms. The lowest BCUT2D eigenvalue weighted by Gasteiger charge is -2.38. The van der Waals surface area contributed by atoms with Gasteiger partial charge in [0.05, 0.1) is 10.6 Å².